The number of thiocyanates is 1. The fraction of sp³-hybridized carbons (Fsp3) is 0.895. The van der Waals surface area contributed by atoms with Crippen LogP contribution in [0.4, 0.5) is 0 Å². The van der Waals surface area contributed by atoms with Crippen molar-refractivity contribution in [3.63, 3.8) is 0 Å². The fourth-order valence-corrected chi connectivity index (χ4v) is 6.08. The number of hydrogen-bond acceptors (Lipinski definition) is 5. The van der Waals surface area contributed by atoms with Crippen molar-refractivity contribution in [1.29, 1.82) is 5.26 Å². The van der Waals surface area contributed by atoms with Crippen LogP contribution in [0, 0.1) is 27.4 Å². The quantitative estimate of drug-likeness (QED) is 0.612. The molecule has 4 nitrogen and oxygen atoms in total. The minimum absolute atomic E-state index is 0.00434. The Hall–Kier alpha value is -0.730. The zero-order chi connectivity index (χ0) is 17.6. The number of esters is 1. The number of nitrogens with zero attached hydrogens (tertiary/aromatic N) is 1. The standard InChI is InChI=1S/C19H29NO3S/c1-17(2)13-7-10-18(17,3)14(11-13)23-16(21)15(24-12-20)19(22)8-5-4-6-9-19/h13-15,22H,4-11H2,1-3H3/t13-,14?,15?,18-/m1/s1. The maximum absolute atomic E-state index is 12.9. The van der Waals surface area contributed by atoms with Crippen molar-refractivity contribution < 1.29 is 14.6 Å². The van der Waals surface area contributed by atoms with Gasteiger partial charge < -0.3 is 9.84 Å². The molecule has 3 saturated carbocycles. The molecular formula is C19H29NO3S. The molecule has 0 amide bonds. The van der Waals surface area contributed by atoms with Crippen molar-refractivity contribution in [1.82, 2.24) is 0 Å². The normalized spacial score (nSPS) is 37.6. The topological polar surface area (TPSA) is 70.3 Å². The van der Waals surface area contributed by atoms with Crippen LogP contribution in [0.1, 0.15) is 72.1 Å². The maximum Gasteiger partial charge on any atom is 0.323 e. The molecule has 2 bridgehead atoms. The zero-order valence-corrected chi connectivity index (χ0v) is 15.8. The van der Waals surface area contributed by atoms with Crippen molar-refractivity contribution in [2.24, 2.45) is 16.7 Å². The van der Waals surface area contributed by atoms with Gasteiger partial charge in [0.15, 0.2) is 0 Å². The Bertz CT molecular complexity index is 549. The van der Waals surface area contributed by atoms with E-state index >= 15 is 0 Å². The van der Waals surface area contributed by atoms with E-state index in [2.05, 4.69) is 20.8 Å². The molecule has 0 heterocycles. The summed E-state index contributed by atoms with van der Waals surface area (Å²) < 4.78 is 5.95. The third-order valence-corrected chi connectivity index (χ3v) is 8.54. The molecule has 0 aliphatic heterocycles. The number of ether oxygens (including phenoxy) is 1. The Morgan fingerprint density at radius 1 is 1.25 bits per heavy atom. The Morgan fingerprint density at radius 3 is 2.42 bits per heavy atom. The lowest BCUT2D eigenvalue weighted by Gasteiger charge is -2.40. The zero-order valence-electron chi connectivity index (χ0n) is 15.0. The molecule has 24 heavy (non-hydrogen) atoms. The second-order valence-electron chi connectivity index (χ2n) is 8.79. The first-order valence-corrected chi connectivity index (χ1v) is 10.1. The summed E-state index contributed by atoms with van der Waals surface area (Å²) in [4.78, 5) is 12.9. The highest BCUT2D eigenvalue weighted by Crippen LogP contribution is 2.66. The summed E-state index contributed by atoms with van der Waals surface area (Å²) in [5.74, 6) is 0.209. The van der Waals surface area contributed by atoms with E-state index in [1.165, 1.54) is 6.42 Å². The molecule has 0 radical (unpaired) electrons. The SMILES string of the molecule is CC1(C)[C@@H]2CC[C@]1(C)C(OC(=O)C(SC#N)C1(O)CCCCC1)C2. The van der Waals surface area contributed by atoms with Gasteiger partial charge in [0, 0.05) is 5.41 Å². The average Bonchev–Trinajstić information content (AvgIpc) is 2.86. The van der Waals surface area contributed by atoms with Crippen LogP contribution >= 0.6 is 11.8 Å². The van der Waals surface area contributed by atoms with Gasteiger partial charge in [-0.05, 0) is 55.2 Å². The van der Waals surface area contributed by atoms with Crippen LogP contribution in [0.15, 0.2) is 0 Å². The summed E-state index contributed by atoms with van der Waals surface area (Å²) in [6, 6.07) is 0. The largest absolute Gasteiger partial charge is 0.461 e. The number of rotatable bonds is 4. The first-order chi connectivity index (χ1) is 11.2. The van der Waals surface area contributed by atoms with Gasteiger partial charge in [0.05, 0.1) is 5.60 Å². The summed E-state index contributed by atoms with van der Waals surface area (Å²) in [6.45, 7) is 6.81. The number of hydrogen-bond donors (Lipinski definition) is 1. The molecule has 0 aromatic carbocycles. The summed E-state index contributed by atoms with van der Waals surface area (Å²) in [5.41, 5.74) is -0.911. The second kappa shape index (κ2) is 6.21. The van der Waals surface area contributed by atoms with Gasteiger partial charge in [0.2, 0.25) is 0 Å². The minimum Gasteiger partial charge on any atom is -0.461 e. The van der Waals surface area contributed by atoms with Crippen molar-refractivity contribution in [2.75, 3.05) is 0 Å². The Labute approximate surface area is 149 Å². The number of carbonyl (C=O) groups excluding carboxylic acids is 1. The number of fused-ring (bicyclic) bond motifs is 2. The molecule has 3 aliphatic carbocycles. The van der Waals surface area contributed by atoms with E-state index in [9.17, 15) is 9.90 Å². The molecule has 4 atom stereocenters. The van der Waals surface area contributed by atoms with E-state index in [4.69, 9.17) is 10.00 Å². The number of nitriles is 1. The summed E-state index contributed by atoms with van der Waals surface area (Å²) in [6.07, 6.45) is 7.17. The highest BCUT2D eigenvalue weighted by atomic mass is 32.2. The van der Waals surface area contributed by atoms with Crippen molar-refractivity contribution >= 4 is 17.7 Å². The van der Waals surface area contributed by atoms with Crippen LogP contribution in [0.5, 0.6) is 0 Å². The van der Waals surface area contributed by atoms with Crippen LogP contribution in [0.3, 0.4) is 0 Å². The molecule has 3 rings (SSSR count). The number of thioether (sulfide) groups is 1. The van der Waals surface area contributed by atoms with Crippen LogP contribution < -0.4 is 0 Å². The van der Waals surface area contributed by atoms with Gasteiger partial charge in [-0.2, -0.15) is 5.26 Å². The van der Waals surface area contributed by atoms with Gasteiger partial charge >= 0.3 is 5.97 Å². The number of aliphatic hydroxyl groups is 1. The van der Waals surface area contributed by atoms with Crippen LogP contribution in [-0.2, 0) is 9.53 Å². The first-order valence-electron chi connectivity index (χ1n) is 9.22. The van der Waals surface area contributed by atoms with E-state index in [-0.39, 0.29) is 22.9 Å². The highest BCUT2D eigenvalue weighted by Gasteiger charge is 2.63. The monoisotopic (exact) mass is 351 g/mol. The van der Waals surface area contributed by atoms with E-state index < -0.39 is 10.9 Å². The molecule has 2 unspecified atom stereocenters. The third kappa shape index (κ3) is 2.66. The van der Waals surface area contributed by atoms with E-state index in [1.807, 2.05) is 5.40 Å². The average molecular weight is 352 g/mol. The lowest BCUT2D eigenvalue weighted by molar-refractivity contribution is -0.162. The lowest BCUT2D eigenvalue weighted by atomic mass is 9.70. The van der Waals surface area contributed by atoms with E-state index in [0.29, 0.717) is 18.8 Å². The van der Waals surface area contributed by atoms with Crippen LogP contribution in [0.2, 0.25) is 0 Å². The second-order valence-corrected chi connectivity index (χ2v) is 9.68. The summed E-state index contributed by atoms with van der Waals surface area (Å²) in [7, 11) is 0. The summed E-state index contributed by atoms with van der Waals surface area (Å²) in [5, 5.41) is 21.3. The predicted octanol–water partition coefficient (Wildman–Crippen LogP) is 4.02. The van der Waals surface area contributed by atoms with Crippen molar-refractivity contribution in [3.05, 3.63) is 0 Å². The Morgan fingerprint density at radius 2 is 1.92 bits per heavy atom. The van der Waals surface area contributed by atoms with Gasteiger partial charge in [0.1, 0.15) is 16.8 Å². The maximum atomic E-state index is 12.9. The van der Waals surface area contributed by atoms with Crippen LogP contribution in [0.25, 0.3) is 0 Å². The minimum atomic E-state index is -1.09. The van der Waals surface area contributed by atoms with Gasteiger partial charge in [-0.1, -0.05) is 40.0 Å². The van der Waals surface area contributed by atoms with E-state index in [1.54, 1.807) is 0 Å². The molecule has 134 valence electrons. The lowest BCUT2D eigenvalue weighted by Crippen LogP contribution is -2.49. The molecule has 0 saturated heterocycles. The molecule has 1 N–H and O–H groups in total. The third-order valence-electron chi connectivity index (χ3n) is 7.56. The molecule has 5 heteroatoms. The molecular weight excluding hydrogens is 322 g/mol. The van der Waals surface area contributed by atoms with E-state index in [0.717, 1.165) is 43.9 Å². The molecule has 3 aliphatic rings. The van der Waals surface area contributed by atoms with Crippen molar-refractivity contribution in [2.45, 2.75) is 89.1 Å². The van der Waals surface area contributed by atoms with Crippen molar-refractivity contribution in [3.8, 4) is 5.40 Å². The molecule has 0 spiro atoms. The summed E-state index contributed by atoms with van der Waals surface area (Å²) >= 11 is 0.873. The first kappa shape index (κ1) is 18.1. The number of carbonyl (C=O) groups is 1. The van der Waals surface area contributed by atoms with Crippen LogP contribution in [-0.4, -0.2) is 28.0 Å². The highest BCUT2D eigenvalue weighted by molar-refractivity contribution is 8.05. The fourth-order valence-electron chi connectivity index (χ4n) is 5.37. The Kier molecular flexibility index (Phi) is 4.68. The van der Waals surface area contributed by atoms with Gasteiger partial charge in [-0.3, -0.25) is 4.79 Å². The Balaban J connectivity index is 1.74. The van der Waals surface area contributed by atoms with Gasteiger partial charge in [0.25, 0.3) is 0 Å². The van der Waals surface area contributed by atoms with Gasteiger partial charge in [-0.15, -0.1) is 0 Å². The smallest absolute Gasteiger partial charge is 0.323 e. The molecule has 3 fully saturated rings. The van der Waals surface area contributed by atoms with Gasteiger partial charge in [-0.25, -0.2) is 0 Å². The molecule has 0 aromatic rings. The predicted molar refractivity (Wildman–Crippen MR) is 94.1 cm³/mol. The molecule has 0 aromatic heterocycles.